The fourth-order valence-corrected chi connectivity index (χ4v) is 6.56. The summed E-state index contributed by atoms with van der Waals surface area (Å²) in [5, 5.41) is 6.09. The third kappa shape index (κ3) is 7.36. The van der Waals surface area contributed by atoms with Gasteiger partial charge in [-0.15, -0.1) is 40.6 Å². The van der Waals surface area contributed by atoms with Crippen LogP contribution < -0.4 is 24.8 Å². The van der Waals surface area contributed by atoms with E-state index in [4.69, 9.17) is 11.6 Å². The van der Waals surface area contributed by atoms with Crippen LogP contribution in [0.3, 0.4) is 0 Å². The van der Waals surface area contributed by atoms with Crippen LogP contribution in [0, 0.1) is 13.0 Å². The van der Waals surface area contributed by atoms with Crippen LogP contribution in [0.4, 0.5) is 0 Å². The van der Waals surface area contributed by atoms with Crippen molar-refractivity contribution in [2.24, 2.45) is 0 Å². The van der Waals surface area contributed by atoms with E-state index in [1.165, 1.54) is 87.9 Å². The minimum absolute atomic E-state index is 0. The average Bonchev–Trinajstić information content (AvgIpc) is 3.74. The van der Waals surface area contributed by atoms with Crippen LogP contribution in [0.2, 0.25) is 5.02 Å². The Balaban J connectivity index is 0.000000171. The Morgan fingerprint density at radius 1 is 0.705 bits per heavy atom. The van der Waals surface area contributed by atoms with Crippen molar-refractivity contribution in [2.45, 2.75) is 13.3 Å². The smallest absolute Gasteiger partial charge is 0.0240 e. The summed E-state index contributed by atoms with van der Waals surface area (Å²) in [6, 6.07) is 54.0. The first-order chi connectivity index (χ1) is 20.6. The van der Waals surface area contributed by atoms with Crippen LogP contribution in [0.5, 0.6) is 0 Å². The monoisotopic (exact) mass is 704 g/mol. The molecular formula is C40H29Cl3Zr-2. The van der Waals surface area contributed by atoms with Gasteiger partial charge in [0, 0.05) is 0 Å². The van der Waals surface area contributed by atoms with E-state index < -0.39 is 0 Å². The number of halogens is 3. The first-order valence-electron chi connectivity index (χ1n) is 14.1. The molecule has 1 aliphatic rings. The third-order valence-electron chi connectivity index (χ3n) is 7.61. The van der Waals surface area contributed by atoms with Gasteiger partial charge in [-0.25, -0.2) is 12.1 Å². The molecule has 7 aromatic carbocycles. The molecule has 0 fully saturated rings. The summed E-state index contributed by atoms with van der Waals surface area (Å²) in [7, 11) is 0. The van der Waals surface area contributed by atoms with E-state index in [1.54, 1.807) is 0 Å². The maximum atomic E-state index is 6.00. The van der Waals surface area contributed by atoms with Crippen LogP contribution >= 0.6 is 11.6 Å². The summed E-state index contributed by atoms with van der Waals surface area (Å²) in [5.74, 6) is 0. The largest absolute Gasteiger partial charge is 1.00 e. The van der Waals surface area contributed by atoms with Gasteiger partial charge < -0.3 is 24.8 Å². The quantitative estimate of drug-likeness (QED) is 0.183. The molecule has 0 spiro atoms. The molecular weight excluding hydrogens is 678 g/mol. The molecule has 0 heterocycles. The van der Waals surface area contributed by atoms with Crippen molar-refractivity contribution in [1.82, 2.24) is 0 Å². The van der Waals surface area contributed by atoms with Gasteiger partial charge in [0.25, 0.3) is 0 Å². The molecule has 7 aromatic rings. The summed E-state index contributed by atoms with van der Waals surface area (Å²) in [4.78, 5) is 0. The molecule has 0 N–H and O–H groups in total. The molecule has 4 heteroatoms. The van der Waals surface area contributed by atoms with E-state index in [1.807, 2.05) is 54.6 Å². The van der Waals surface area contributed by atoms with E-state index in [2.05, 4.69) is 104 Å². The summed E-state index contributed by atoms with van der Waals surface area (Å²) < 4.78 is 1.34. The molecule has 0 saturated carbocycles. The number of rotatable bonds is 2. The molecule has 0 amide bonds. The Kier molecular flexibility index (Phi) is 12.0. The Morgan fingerprint density at radius 2 is 1.39 bits per heavy atom. The third-order valence-corrected chi connectivity index (χ3v) is 9.26. The van der Waals surface area contributed by atoms with Crippen molar-refractivity contribution >= 4 is 36.4 Å². The molecule has 0 atom stereocenters. The van der Waals surface area contributed by atoms with Crippen molar-refractivity contribution in [3.8, 4) is 11.1 Å². The number of aryl methyl sites for hydroxylation is 1. The fraction of sp³-hybridized carbons (Fsp3) is 0.0500. The van der Waals surface area contributed by atoms with E-state index in [0.717, 1.165) is 11.4 Å². The number of hydrogen-bond acceptors (Lipinski definition) is 0. The molecule has 0 aliphatic heterocycles. The van der Waals surface area contributed by atoms with Crippen LogP contribution in [-0.4, -0.2) is 3.21 Å². The van der Waals surface area contributed by atoms with Crippen molar-refractivity contribution < 1.29 is 49.0 Å². The fourth-order valence-electron chi connectivity index (χ4n) is 5.58. The zero-order valence-electron chi connectivity index (χ0n) is 24.2. The zero-order chi connectivity index (χ0) is 28.9. The number of hydrogen-bond donors (Lipinski definition) is 0. The van der Waals surface area contributed by atoms with E-state index in [-0.39, 0.29) is 24.8 Å². The summed E-state index contributed by atoms with van der Waals surface area (Å²) in [6.45, 7) is 2.10. The van der Waals surface area contributed by atoms with Gasteiger partial charge in [0.05, 0.1) is 0 Å². The second-order valence-corrected chi connectivity index (χ2v) is 12.1. The van der Waals surface area contributed by atoms with Crippen molar-refractivity contribution in [3.63, 3.8) is 0 Å². The Morgan fingerprint density at radius 3 is 2.09 bits per heavy atom. The second kappa shape index (κ2) is 15.7. The molecule has 0 nitrogen and oxygen atoms in total. The predicted octanol–water partition coefficient (Wildman–Crippen LogP) is 4.54. The number of fused-ring (bicyclic) bond motifs is 8. The van der Waals surface area contributed by atoms with E-state index in [9.17, 15) is 0 Å². The van der Waals surface area contributed by atoms with Crippen LogP contribution in [0.15, 0.2) is 146 Å². The second-order valence-electron chi connectivity index (χ2n) is 10.4. The molecule has 44 heavy (non-hydrogen) atoms. The van der Waals surface area contributed by atoms with Crippen molar-refractivity contribution in [1.29, 1.82) is 0 Å². The summed E-state index contributed by atoms with van der Waals surface area (Å²) in [5.41, 5.74) is 9.46. The Hall–Kier alpha value is -3.19. The Labute approximate surface area is 292 Å². The molecule has 8 rings (SSSR count). The standard InChI is InChI=1S/C21H13.C14H11Cl.C5H5.2ClH.Zr/c1-2-8-15-14(7-1)13-20-18-11-4-3-9-16(18)17-10-5-6-12-19(17)21(15)20;1-11-5-7-12(8-6-11)9-13-3-2-4-14(15)10-13;1-2-4-5-3-1;;;/h1-10,12H,13H2;2-8,10H,1H3;1-5H;2*1H;/q-1;;-1;;;+2/p-2. The van der Waals surface area contributed by atoms with Gasteiger partial charge in [-0.1, -0.05) is 53.9 Å². The molecule has 216 valence electrons. The van der Waals surface area contributed by atoms with Crippen LogP contribution in [0.1, 0.15) is 27.8 Å². The van der Waals surface area contributed by atoms with Gasteiger partial charge in [-0.3, -0.25) is 0 Å². The molecule has 1 aliphatic carbocycles. The van der Waals surface area contributed by atoms with Gasteiger partial charge in [0.15, 0.2) is 0 Å². The van der Waals surface area contributed by atoms with E-state index in [0.29, 0.717) is 0 Å². The summed E-state index contributed by atoms with van der Waals surface area (Å²) >= 11 is 7.40. The van der Waals surface area contributed by atoms with Gasteiger partial charge in [0.1, 0.15) is 0 Å². The minimum Gasteiger partial charge on any atom is -1.00 e. The Bertz CT molecular complexity index is 1970. The molecule has 0 bridgehead atoms. The average molecular weight is 707 g/mol. The van der Waals surface area contributed by atoms with Crippen LogP contribution in [0.25, 0.3) is 32.7 Å². The normalized spacial score (nSPS) is 10.6. The maximum absolute atomic E-state index is 6.00. The summed E-state index contributed by atoms with van der Waals surface area (Å²) in [6.07, 6.45) is 1.02. The molecule has 0 aromatic heterocycles. The first kappa shape index (κ1) is 33.7. The van der Waals surface area contributed by atoms with Gasteiger partial charge in [0.2, 0.25) is 0 Å². The minimum atomic E-state index is 0. The number of benzene rings is 6. The van der Waals surface area contributed by atoms with Crippen LogP contribution in [-0.2, 0) is 30.7 Å². The molecule has 0 radical (unpaired) electrons. The maximum Gasteiger partial charge on any atom is -0.0240 e. The van der Waals surface area contributed by atoms with Gasteiger partial charge in [-0.05, 0) is 28.5 Å². The zero-order valence-corrected chi connectivity index (χ0v) is 28.9. The topological polar surface area (TPSA) is 0 Å². The van der Waals surface area contributed by atoms with Gasteiger partial charge in [-0.2, -0.15) is 18.2 Å². The molecule has 0 saturated heterocycles. The van der Waals surface area contributed by atoms with Crippen molar-refractivity contribution in [3.05, 3.63) is 184 Å². The predicted molar refractivity (Wildman–Crippen MR) is 176 cm³/mol. The van der Waals surface area contributed by atoms with Crippen molar-refractivity contribution in [2.75, 3.05) is 0 Å². The first-order valence-corrected chi connectivity index (χ1v) is 15.7. The van der Waals surface area contributed by atoms with E-state index >= 15 is 0 Å². The molecule has 0 unspecified atom stereocenters. The van der Waals surface area contributed by atoms with Gasteiger partial charge >= 0.3 is 116 Å². The SMILES string of the molecule is Cc1ccc([C](=[Zr+2])c2cccc(Cl)c2)cc1.[Cl-].[Cl-].[c-]1cccc2c1c1c(c3ccccc32)-c2ccccc2C1.c1cc[cH-]c1.